The molecule has 0 atom stereocenters. The van der Waals surface area contributed by atoms with E-state index in [1.54, 1.807) is 0 Å². The molecule has 1 amide bonds. The molecule has 1 aromatic carbocycles. The first kappa shape index (κ1) is 14.4. The van der Waals surface area contributed by atoms with Gasteiger partial charge in [-0.1, -0.05) is 30.3 Å². The first-order valence-electron chi connectivity index (χ1n) is 8.01. The summed E-state index contributed by atoms with van der Waals surface area (Å²) in [5, 5.41) is 3.36. The van der Waals surface area contributed by atoms with Crippen molar-refractivity contribution in [1.29, 1.82) is 0 Å². The molecule has 4 nitrogen and oxygen atoms in total. The van der Waals surface area contributed by atoms with Crippen LogP contribution in [0.25, 0.3) is 0 Å². The standard InChI is InChI=1S/C17H24N2O2/c20-17(21-13-15-4-2-1-3-5-15)19(12-14-6-7-14)16-8-10-18-11-9-16/h1-5,14,16,18H,6-13H2. The van der Waals surface area contributed by atoms with Crippen molar-refractivity contribution in [2.24, 2.45) is 5.92 Å². The zero-order valence-corrected chi connectivity index (χ0v) is 12.5. The van der Waals surface area contributed by atoms with Gasteiger partial charge >= 0.3 is 6.09 Å². The van der Waals surface area contributed by atoms with Crippen LogP contribution in [0.1, 0.15) is 31.2 Å². The summed E-state index contributed by atoms with van der Waals surface area (Å²) in [4.78, 5) is 14.4. The predicted octanol–water partition coefficient (Wildman–Crippen LogP) is 2.79. The molecule has 1 saturated carbocycles. The summed E-state index contributed by atoms with van der Waals surface area (Å²) >= 11 is 0. The molecule has 0 unspecified atom stereocenters. The molecule has 1 heterocycles. The lowest BCUT2D eigenvalue weighted by atomic mass is 10.0. The van der Waals surface area contributed by atoms with Gasteiger partial charge in [0.1, 0.15) is 6.61 Å². The van der Waals surface area contributed by atoms with Crippen LogP contribution in [0.3, 0.4) is 0 Å². The maximum absolute atomic E-state index is 12.5. The monoisotopic (exact) mass is 288 g/mol. The third-order valence-electron chi connectivity index (χ3n) is 4.34. The Hall–Kier alpha value is -1.55. The Morgan fingerprint density at radius 3 is 2.52 bits per heavy atom. The zero-order chi connectivity index (χ0) is 14.5. The number of carbonyl (C=O) groups is 1. The first-order valence-corrected chi connectivity index (χ1v) is 8.01. The Morgan fingerprint density at radius 1 is 1.14 bits per heavy atom. The molecule has 0 radical (unpaired) electrons. The largest absolute Gasteiger partial charge is 0.445 e. The average molecular weight is 288 g/mol. The Kier molecular flexibility index (Phi) is 4.76. The van der Waals surface area contributed by atoms with Crippen LogP contribution in [0.4, 0.5) is 4.79 Å². The average Bonchev–Trinajstić information content (AvgIpc) is 3.36. The van der Waals surface area contributed by atoms with Crippen molar-refractivity contribution in [1.82, 2.24) is 10.2 Å². The maximum atomic E-state index is 12.5. The minimum absolute atomic E-state index is 0.141. The molecule has 21 heavy (non-hydrogen) atoms. The van der Waals surface area contributed by atoms with E-state index in [2.05, 4.69) is 5.32 Å². The van der Waals surface area contributed by atoms with E-state index in [-0.39, 0.29) is 6.09 Å². The summed E-state index contributed by atoms with van der Waals surface area (Å²) in [7, 11) is 0. The number of benzene rings is 1. The van der Waals surface area contributed by atoms with Gasteiger partial charge in [-0.25, -0.2) is 4.79 Å². The number of amides is 1. The molecule has 1 aliphatic heterocycles. The highest BCUT2D eigenvalue weighted by atomic mass is 16.6. The Balaban J connectivity index is 1.57. The van der Waals surface area contributed by atoms with Gasteiger partial charge in [-0.05, 0) is 50.3 Å². The number of hydrogen-bond acceptors (Lipinski definition) is 3. The van der Waals surface area contributed by atoms with E-state index in [1.807, 2.05) is 35.2 Å². The molecular weight excluding hydrogens is 264 g/mol. The minimum atomic E-state index is -0.141. The SMILES string of the molecule is O=C(OCc1ccccc1)N(CC1CC1)C1CCNCC1. The second-order valence-electron chi connectivity index (χ2n) is 6.12. The molecule has 0 aromatic heterocycles. The summed E-state index contributed by atoms with van der Waals surface area (Å²) in [6.07, 6.45) is 4.44. The number of ether oxygens (including phenoxy) is 1. The van der Waals surface area contributed by atoms with Crippen LogP contribution in [0.15, 0.2) is 30.3 Å². The Morgan fingerprint density at radius 2 is 1.86 bits per heavy atom. The summed E-state index contributed by atoms with van der Waals surface area (Å²) < 4.78 is 5.54. The van der Waals surface area contributed by atoms with Crippen LogP contribution in [-0.4, -0.2) is 36.7 Å². The molecule has 1 N–H and O–H groups in total. The number of carbonyl (C=O) groups excluding carboxylic acids is 1. The second kappa shape index (κ2) is 6.94. The third-order valence-corrected chi connectivity index (χ3v) is 4.34. The molecule has 3 rings (SSSR count). The van der Waals surface area contributed by atoms with Crippen LogP contribution < -0.4 is 5.32 Å². The van der Waals surface area contributed by atoms with Gasteiger partial charge in [-0.15, -0.1) is 0 Å². The molecule has 1 aromatic rings. The molecule has 1 aliphatic carbocycles. The van der Waals surface area contributed by atoms with Crippen molar-refractivity contribution in [3.63, 3.8) is 0 Å². The lowest BCUT2D eigenvalue weighted by molar-refractivity contribution is 0.0712. The number of piperidine rings is 1. The summed E-state index contributed by atoms with van der Waals surface area (Å²) in [5.41, 5.74) is 1.04. The van der Waals surface area contributed by atoms with E-state index in [9.17, 15) is 4.79 Å². The number of nitrogens with one attached hydrogen (secondary N) is 1. The fourth-order valence-corrected chi connectivity index (χ4v) is 2.87. The van der Waals surface area contributed by atoms with Crippen molar-refractivity contribution in [3.8, 4) is 0 Å². The van der Waals surface area contributed by atoms with Crippen molar-refractivity contribution in [2.75, 3.05) is 19.6 Å². The fraction of sp³-hybridized carbons (Fsp3) is 0.588. The summed E-state index contributed by atoms with van der Waals surface area (Å²) in [5.74, 6) is 0.698. The number of rotatable bonds is 5. The first-order chi connectivity index (χ1) is 10.3. The highest BCUT2D eigenvalue weighted by Crippen LogP contribution is 2.31. The van der Waals surface area contributed by atoms with E-state index in [0.29, 0.717) is 18.6 Å². The zero-order valence-electron chi connectivity index (χ0n) is 12.5. The third kappa shape index (κ3) is 4.21. The van der Waals surface area contributed by atoms with E-state index in [4.69, 9.17) is 4.74 Å². The van der Waals surface area contributed by atoms with Gasteiger partial charge in [0, 0.05) is 12.6 Å². The normalized spacial score (nSPS) is 19.2. The van der Waals surface area contributed by atoms with Gasteiger partial charge in [-0.2, -0.15) is 0 Å². The van der Waals surface area contributed by atoms with Gasteiger partial charge < -0.3 is 15.0 Å². The van der Waals surface area contributed by atoms with E-state index < -0.39 is 0 Å². The van der Waals surface area contributed by atoms with Gasteiger partial charge in [0.2, 0.25) is 0 Å². The van der Waals surface area contributed by atoms with E-state index in [0.717, 1.165) is 38.0 Å². The summed E-state index contributed by atoms with van der Waals surface area (Å²) in [6, 6.07) is 10.2. The topological polar surface area (TPSA) is 41.6 Å². The van der Waals surface area contributed by atoms with Crippen LogP contribution in [0.2, 0.25) is 0 Å². The van der Waals surface area contributed by atoms with Crippen molar-refractivity contribution >= 4 is 6.09 Å². The highest BCUT2D eigenvalue weighted by molar-refractivity contribution is 5.68. The second-order valence-corrected chi connectivity index (χ2v) is 6.12. The molecular formula is C17H24N2O2. The lowest BCUT2D eigenvalue weighted by Crippen LogP contribution is -2.47. The van der Waals surface area contributed by atoms with Gasteiger partial charge in [0.05, 0.1) is 0 Å². The van der Waals surface area contributed by atoms with E-state index >= 15 is 0 Å². The van der Waals surface area contributed by atoms with Crippen LogP contribution in [-0.2, 0) is 11.3 Å². The molecule has 114 valence electrons. The summed E-state index contributed by atoms with van der Waals surface area (Å²) in [6.45, 7) is 3.24. The van der Waals surface area contributed by atoms with Gasteiger partial charge in [-0.3, -0.25) is 0 Å². The quantitative estimate of drug-likeness (QED) is 0.906. The van der Waals surface area contributed by atoms with Crippen LogP contribution >= 0.6 is 0 Å². The molecule has 0 bridgehead atoms. The molecule has 2 aliphatic rings. The smallest absolute Gasteiger partial charge is 0.410 e. The van der Waals surface area contributed by atoms with Gasteiger partial charge in [0.25, 0.3) is 0 Å². The van der Waals surface area contributed by atoms with Crippen LogP contribution in [0, 0.1) is 5.92 Å². The molecule has 4 heteroatoms. The van der Waals surface area contributed by atoms with Crippen molar-refractivity contribution in [3.05, 3.63) is 35.9 Å². The number of nitrogens with zero attached hydrogens (tertiary/aromatic N) is 1. The molecule has 2 fully saturated rings. The Bertz CT molecular complexity index is 453. The molecule has 0 spiro atoms. The highest BCUT2D eigenvalue weighted by Gasteiger charge is 2.32. The lowest BCUT2D eigenvalue weighted by Gasteiger charge is -2.34. The predicted molar refractivity (Wildman–Crippen MR) is 81.9 cm³/mol. The van der Waals surface area contributed by atoms with Crippen molar-refractivity contribution < 1.29 is 9.53 Å². The fourth-order valence-electron chi connectivity index (χ4n) is 2.87. The van der Waals surface area contributed by atoms with Gasteiger partial charge in [0.15, 0.2) is 0 Å². The molecule has 1 saturated heterocycles. The number of hydrogen-bond donors (Lipinski definition) is 1. The van der Waals surface area contributed by atoms with Crippen molar-refractivity contribution in [2.45, 2.75) is 38.3 Å². The van der Waals surface area contributed by atoms with Crippen LogP contribution in [0.5, 0.6) is 0 Å². The van der Waals surface area contributed by atoms with E-state index in [1.165, 1.54) is 12.8 Å². The minimum Gasteiger partial charge on any atom is -0.445 e. The Labute approximate surface area is 126 Å². The maximum Gasteiger partial charge on any atom is 0.410 e.